The van der Waals surface area contributed by atoms with E-state index in [2.05, 4.69) is 12.2 Å². The zero-order valence-corrected chi connectivity index (χ0v) is 15.2. The Morgan fingerprint density at radius 1 is 1.30 bits per heavy atom. The van der Waals surface area contributed by atoms with Crippen LogP contribution in [0.4, 0.5) is 4.79 Å². The molecule has 0 radical (unpaired) electrons. The lowest BCUT2D eigenvalue weighted by Gasteiger charge is -2.40. The van der Waals surface area contributed by atoms with Crippen molar-refractivity contribution < 1.29 is 14.6 Å². The van der Waals surface area contributed by atoms with E-state index in [9.17, 15) is 9.90 Å². The third kappa shape index (κ3) is 5.08. The normalized spacial score (nSPS) is 32.1. The van der Waals surface area contributed by atoms with Gasteiger partial charge in [-0.2, -0.15) is 0 Å². The topological polar surface area (TPSA) is 61.8 Å². The zero-order valence-electron chi connectivity index (χ0n) is 15.2. The molecule has 1 aliphatic carbocycles. The summed E-state index contributed by atoms with van der Waals surface area (Å²) in [5, 5.41) is 13.5. The number of hydrogen-bond donors (Lipinski definition) is 2. The Bertz CT molecular complexity index is 398. The minimum absolute atomic E-state index is 0.158. The largest absolute Gasteiger partial charge is 0.444 e. The molecule has 0 aromatic rings. The fourth-order valence-electron chi connectivity index (χ4n) is 3.65. The van der Waals surface area contributed by atoms with Crippen molar-refractivity contribution in [2.45, 2.75) is 83.4 Å². The Hall–Kier alpha value is -0.810. The molecule has 5 nitrogen and oxygen atoms in total. The molecule has 2 N–H and O–H groups in total. The molecule has 5 heteroatoms. The van der Waals surface area contributed by atoms with Gasteiger partial charge in [-0.05, 0) is 65.2 Å². The van der Waals surface area contributed by atoms with Crippen molar-refractivity contribution in [2.24, 2.45) is 5.92 Å². The van der Waals surface area contributed by atoms with Crippen LogP contribution in [-0.2, 0) is 4.74 Å². The van der Waals surface area contributed by atoms with E-state index in [1.165, 1.54) is 0 Å². The average Bonchev–Trinajstić information content (AvgIpc) is 2.94. The second-order valence-electron chi connectivity index (χ2n) is 8.47. The first-order chi connectivity index (χ1) is 10.7. The first kappa shape index (κ1) is 18.5. The first-order valence-corrected chi connectivity index (χ1v) is 9.10. The molecule has 0 spiro atoms. The summed E-state index contributed by atoms with van der Waals surface area (Å²) in [6.45, 7) is 9.68. The number of ether oxygens (including phenoxy) is 1. The molecule has 1 amide bonds. The van der Waals surface area contributed by atoms with Crippen LogP contribution >= 0.6 is 0 Å². The third-order valence-corrected chi connectivity index (χ3v) is 5.25. The second kappa shape index (κ2) is 7.39. The van der Waals surface area contributed by atoms with Gasteiger partial charge in [-0.15, -0.1) is 0 Å². The molecule has 0 aromatic heterocycles. The van der Waals surface area contributed by atoms with Crippen LogP contribution in [0.3, 0.4) is 0 Å². The Balaban J connectivity index is 1.89. The molecule has 1 unspecified atom stereocenters. The first-order valence-electron chi connectivity index (χ1n) is 9.10. The van der Waals surface area contributed by atoms with Crippen molar-refractivity contribution in [3.05, 3.63) is 0 Å². The molecule has 0 aromatic carbocycles. The Labute approximate surface area is 140 Å². The number of nitrogens with one attached hydrogen (secondary N) is 1. The molecular weight excluding hydrogens is 292 g/mol. The Kier molecular flexibility index (Phi) is 5.95. The molecule has 2 rings (SSSR count). The highest BCUT2D eigenvalue weighted by Gasteiger charge is 2.37. The fourth-order valence-corrected chi connectivity index (χ4v) is 3.65. The van der Waals surface area contributed by atoms with Gasteiger partial charge in [0.05, 0.1) is 6.61 Å². The van der Waals surface area contributed by atoms with Crippen LogP contribution in [0, 0.1) is 5.92 Å². The number of hydrogen-bond acceptors (Lipinski definition) is 4. The molecular formula is C18H34N2O3. The molecule has 23 heavy (non-hydrogen) atoms. The second-order valence-corrected chi connectivity index (χ2v) is 8.47. The predicted octanol–water partition coefficient (Wildman–Crippen LogP) is 2.92. The van der Waals surface area contributed by atoms with Crippen molar-refractivity contribution >= 4 is 6.09 Å². The van der Waals surface area contributed by atoms with Crippen molar-refractivity contribution in [1.82, 2.24) is 10.2 Å². The zero-order chi connectivity index (χ0) is 17.1. The van der Waals surface area contributed by atoms with Crippen LogP contribution in [0.25, 0.3) is 0 Å². The van der Waals surface area contributed by atoms with E-state index in [1.807, 2.05) is 25.7 Å². The highest BCUT2D eigenvalue weighted by Crippen LogP contribution is 2.32. The van der Waals surface area contributed by atoms with Gasteiger partial charge in [-0.1, -0.05) is 6.92 Å². The molecule has 1 saturated heterocycles. The van der Waals surface area contributed by atoms with Crippen molar-refractivity contribution in [3.63, 3.8) is 0 Å². The number of amides is 1. The third-order valence-electron chi connectivity index (χ3n) is 5.25. The molecule has 1 heterocycles. The molecule has 1 saturated carbocycles. The van der Waals surface area contributed by atoms with Crippen molar-refractivity contribution in [1.29, 1.82) is 0 Å². The summed E-state index contributed by atoms with van der Waals surface area (Å²) in [6.07, 6.45) is 6.17. The van der Waals surface area contributed by atoms with Gasteiger partial charge >= 0.3 is 6.09 Å². The van der Waals surface area contributed by atoms with Crippen LogP contribution in [0.1, 0.15) is 66.2 Å². The van der Waals surface area contributed by atoms with Crippen LogP contribution < -0.4 is 5.32 Å². The van der Waals surface area contributed by atoms with Gasteiger partial charge < -0.3 is 20.1 Å². The van der Waals surface area contributed by atoms with E-state index < -0.39 is 5.60 Å². The average molecular weight is 326 g/mol. The monoisotopic (exact) mass is 326 g/mol. The minimum Gasteiger partial charge on any atom is -0.444 e. The maximum Gasteiger partial charge on any atom is 0.410 e. The lowest BCUT2D eigenvalue weighted by molar-refractivity contribution is 0.0208. The number of rotatable bonds is 4. The highest BCUT2D eigenvalue weighted by molar-refractivity contribution is 5.69. The van der Waals surface area contributed by atoms with E-state index in [-0.39, 0.29) is 24.3 Å². The van der Waals surface area contributed by atoms with E-state index in [0.717, 1.165) is 57.5 Å². The summed E-state index contributed by atoms with van der Waals surface area (Å²) < 4.78 is 5.52. The maximum atomic E-state index is 12.3. The van der Waals surface area contributed by atoms with Gasteiger partial charge in [-0.25, -0.2) is 4.79 Å². The molecule has 0 bridgehead atoms. The number of likely N-dealkylation sites (tertiary alicyclic amines) is 1. The number of aliphatic hydroxyl groups is 1. The fraction of sp³-hybridized carbons (Fsp3) is 0.944. The van der Waals surface area contributed by atoms with Gasteiger partial charge in [0.15, 0.2) is 0 Å². The quantitative estimate of drug-likeness (QED) is 0.834. The van der Waals surface area contributed by atoms with Crippen LogP contribution in [0.15, 0.2) is 0 Å². The molecule has 2 fully saturated rings. The molecule has 2 aliphatic rings. The van der Waals surface area contributed by atoms with Gasteiger partial charge in [0.25, 0.3) is 0 Å². The summed E-state index contributed by atoms with van der Waals surface area (Å²) in [7, 11) is 0. The maximum absolute atomic E-state index is 12.3. The summed E-state index contributed by atoms with van der Waals surface area (Å²) in [4.78, 5) is 14.2. The van der Waals surface area contributed by atoms with Crippen molar-refractivity contribution in [2.75, 3.05) is 19.7 Å². The molecule has 1 aliphatic heterocycles. The summed E-state index contributed by atoms with van der Waals surface area (Å²) in [5.41, 5.74) is -0.613. The predicted molar refractivity (Wildman–Crippen MR) is 91.4 cm³/mol. The lowest BCUT2D eigenvalue weighted by Crippen LogP contribution is -2.55. The standard InChI is InChI=1S/C18H34N2O3/c1-14-7-9-18(13-21,10-8-14)19-12-15-6-5-11-20(15)16(22)23-17(2,3)4/h14-15,19,21H,5-13H2,1-4H3. The van der Waals surface area contributed by atoms with Gasteiger partial charge in [0.1, 0.15) is 5.60 Å². The van der Waals surface area contributed by atoms with Gasteiger partial charge in [0.2, 0.25) is 0 Å². The van der Waals surface area contributed by atoms with Crippen LogP contribution in [0.2, 0.25) is 0 Å². The lowest BCUT2D eigenvalue weighted by atomic mass is 9.77. The minimum atomic E-state index is -0.455. The van der Waals surface area contributed by atoms with E-state index in [0.29, 0.717) is 0 Å². The van der Waals surface area contributed by atoms with Crippen molar-refractivity contribution in [3.8, 4) is 0 Å². The van der Waals surface area contributed by atoms with E-state index in [4.69, 9.17) is 4.74 Å². The van der Waals surface area contributed by atoms with Gasteiger partial charge in [0, 0.05) is 24.7 Å². The molecule has 134 valence electrons. The summed E-state index contributed by atoms with van der Waals surface area (Å²) >= 11 is 0. The SMILES string of the molecule is CC1CCC(CO)(NCC2CCCN2C(=O)OC(C)(C)C)CC1. The summed E-state index contributed by atoms with van der Waals surface area (Å²) in [6, 6.07) is 0.174. The summed E-state index contributed by atoms with van der Waals surface area (Å²) in [5.74, 6) is 0.751. The molecule has 1 atom stereocenters. The Morgan fingerprint density at radius 2 is 1.96 bits per heavy atom. The smallest absolute Gasteiger partial charge is 0.410 e. The van der Waals surface area contributed by atoms with E-state index >= 15 is 0 Å². The number of aliphatic hydroxyl groups excluding tert-OH is 1. The number of nitrogens with zero attached hydrogens (tertiary/aromatic N) is 1. The Morgan fingerprint density at radius 3 is 2.52 bits per heavy atom. The van der Waals surface area contributed by atoms with Crippen LogP contribution in [-0.4, -0.2) is 53.0 Å². The van der Waals surface area contributed by atoms with E-state index in [1.54, 1.807) is 0 Å². The highest BCUT2D eigenvalue weighted by atomic mass is 16.6. The van der Waals surface area contributed by atoms with Crippen LogP contribution in [0.5, 0.6) is 0 Å². The van der Waals surface area contributed by atoms with Gasteiger partial charge in [-0.3, -0.25) is 0 Å². The number of carbonyl (C=O) groups is 1. The number of carbonyl (C=O) groups excluding carboxylic acids is 1.